The van der Waals surface area contributed by atoms with E-state index >= 15 is 0 Å². The molecule has 0 radical (unpaired) electrons. The van der Waals surface area contributed by atoms with Crippen LogP contribution in [-0.4, -0.2) is 51.7 Å². The minimum absolute atomic E-state index is 0.0473. The summed E-state index contributed by atoms with van der Waals surface area (Å²) >= 11 is 0. The quantitative estimate of drug-likeness (QED) is 0.849. The molecule has 1 heterocycles. The maximum atomic E-state index is 12.7. The van der Waals surface area contributed by atoms with E-state index in [4.69, 9.17) is 4.74 Å². The molecule has 1 N–H and O–H groups in total. The van der Waals surface area contributed by atoms with Gasteiger partial charge in [-0.05, 0) is 37.0 Å². The number of benzene rings is 1. The molecule has 1 atom stereocenters. The Kier molecular flexibility index (Phi) is 6.15. The van der Waals surface area contributed by atoms with Gasteiger partial charge < -0.3 is 9.64 Å². The number of hydrogen-bond acceptors (Lipinski definition) is 4. The summed E-state index contributed by atoms with van der Waals surface area (Å²) in [5.41, 5.74) is 1.63. The fourth-order valence-corrected chi connectivity index (χ4v) is 3.30. The van der Waals surface area contributed by atoms with Crippen molar-refractivity contribution in [1.82, 2.24) is 9.62 Å². The normalized spacial score (nSPS) is 18.9. The number of carbonyl (C=O) groups excluding carboxylic acids is 1. The van der Waals surface area contributed by atoms with E-state index in [1.165, 1.54) is 0 Å². The van der Waals surface area contributed by atoms with Gasteiger partial charge in [-0.25, -0.2) is 13.1 Å². The number of rotatable bonds is 6. The molecule has 7 heteroatoms. The third kappa shape index (κ3) is 5.30. The molecule has 0 unspecified atom stereocenters. The molecule has 0 bridgehead atoms. The lowest BCUT2D eigenvalue weighted by molar-refractivity contribution is 0.0618. The number of piperidine rings is 1. The topological polar surface area (TPSA) is 75.7 Å². The predicted molar refractivity (Wildman–Crippen MR) is 88.7 cm³/mol. The third-order valence-corrected chi connectivity index (χ3v) is 4.67. The minimum atomic E-state index is -3.25. The van der Waals surface area contributed by atoms with Gasteiger partial charge in [0.15, 0.2) is 0 Å². The van der Waals surface area contributed by atoms with Crippen molar-refractivity contribution in [2.45, 2.75) is 31.9 Å². The molecule has 23 heavy (non-hydrogen) atoms. The summed E-state index contributed by atoms with van der Waals surface area (Å²) in [4.78, 5) is 14.5. The zero-order valence-corrected chi connectivity index (χ0v) is 14.4. The number of nitrogens with one attached hydrogen (secondary N) is 1. The molecule has 1 saturated heterocycles. The fraction of sp³-hybridized carbons (Fsp3) is 0.562. The van der Waals surface area contributed by atoms with E-state index in [-0.39, 0.29) is 18.5 Å². The Balaban J connectivity index is 2.07. The van der Waals surface area contributed by atoms with Crippen molar-refractivity contribution in [2.75, 3.05) is 26.5 Å². The summed E-state index contributed by atoms with van der Waals surface area (Å²) in [5, 5.41) is 0. The van der Waals surface area contributed by atoms with Crippen LogP contribution in [0.4, 0.5) is 0 Å². The SMILES string of the molecule is COCc1ccc(C(=O)N2CCCC[C@H]2CNS(C)(=O)=O)cc1. The highest BCUT2D eigenvalue weighted by Crippen LogP contribution is 2.20. The van der Waals surface area contributed by atoms with Gasteiger partial charge in [0.05, 0.1) is 12.9 Å². The van der Waals surface area contributed by atoms with Crippen molar-refractivity contribution in [3.63, 3.8) is 0 Å². The standard InChI is InChI=1S/C16H24N2O4S/c1-22-12-13-6-8-14(9-7-13)16(19)18-10-4-3-5-15(18)11-17-23(2,20)21/h6-9,15,17H,3-5,10-12H2,1-2H3/t15-/m0/s1. The van der Waals surface area contributed by atoms with Gasteiger partial charge >= 0.3 is 0 Å². The molecule has 128 valence electrons. The van der Waals surface area contributed by atoms with E-state index in [0.717, 1.165) is 31.1 Å². The number of carbonyl (C=O) groups is 1. The Morgan fingerprint density at radius 1 is 1.30 bits per heavy atom. The largest absolute Gasteiger partial charge is 0.380 e. The Morgan fingerprint density at radius 3 is 2.61 bits per heavy atom. The summed E-state index contributed by atoms with van der Waals surface area (Å²) < 4.78 is 30.2. The molecule has 1 aliphatic rings. The lowest BCUT2D eigenvalue weighted by atomic mass is 10.0. The summed E-state index contributed by atoms with van der Waals surface area (Å²) in [6.45, 7) is 1.44. The van der Waals surface area contributed by atoms with E-state index in [0.29, 0.717) is 18.7 Å². The zero-order chi connectivity index (χ0) is 16.9. The second-order valence-electron chi connectivity index (χ2n) is 5.90. The van der Waals surface area contributed by atoms with E-state index in [2.05, 4.69) is 4.72 Å². The van der Waals surface area contributed by atoms with Crippen LogP contribution in [0.5, 0.6) is 0 Å². The molecule has 0 aromatic heterocycles. The molecule has 0 saturated carbocycles. The van der Waals surface area contributed by atoms with Gasteiger partial charge in [0.25, 0.3) is 5.91 Å². The highest BCUT2D eigenvalue weighted by atomic mass is 32.2. The van der Waals surface area contributed by atoms with E-state index in [1.807, 2.05) is 12.1 Å². The maximum Gasteiger partial charge on any atom is 0.254 e. The lowest BCUT2D eigenvalue weighted by Crippen LogP contribution is -2.49. The van der Waals surface area contributed by atoms with Crippen LogP contribution >= 0.6 is 0 Å². The van der Waals surface area contributed by atoms with E-state index in [9.17, 15) is 13.2 Å². The molecule has 0 spiro atoms. The first-order valence-electron chi connectivity index (χ1n) is 7.74. The van der Waals surface area contributed by atoms with Crippen molar-refractivity contribution in [3.05, 3.63) is 35.4 Å². The summed E-state index contributed by atoms with van der Waals surface area (Å²) in [6.07, 6.45) is 3.90. The maximum absolute atomic E-state index is 12.7. The van der Waals surface area contributed by atoms with Gasteiger partial charge in [0, 0.05) is 31.8 Å². The number of hydrogen-bond donors (Lipinski definition) is 1. The molecule has 6 nitrogen and oxygen atoms in total. The average Bonchev–Trinajstić information content (AvgIpc) is 2.53. The Labute approximate surface area is 137 Å². The van der Waals surface area contributed by atoms with Crippen molar-refractivity contribution in [3.8, 4) is 0 Å². The highest BCUT2D eigenvalue weighted by molar-refractivity contribution is 7.88. The van der Waals surface area contributed by atoms with Crippen LogP contribution in [0.15, 0.2) is 24.3 Å². The number of amides is 1. The van der Waals surface area contributed by atoms with Gasteiger partial charge in [-0.15, -0.1) is 0 Å². The van der Waals surface area contributed by atoms with Crippen LogP contribution in [0, 0.1) is 0 Å². The number of ether oxygens (including phenoxy) is 1. The molecule has 2 rings (SSSR count). The van der Waals surface area contributed by atoms with Gasteiger partial charge in [-0.2, -0.15) is 0 Å². The lowest BCUT2D eigenvalue weighted by Gasteiger charge is -2.35. The molecule has 1 aliphatic heterocycles. The zero-order valence-electron chi connectivity index (χ0n) is 13.6. The predicted octanol–water partition coefficient (Wildman–Crippen LogP) is 1.38. The Hall–Kier alpha value is -1.44. The second-order valence-corrected chi connectivity index (χ2v) is 7.73. The smallest absolute Gasteiger partial charge is 0.254 e. The van der Waals surface area contributed by atoms with Crippen molar-refractivity contribution in [2.24, 2.45) is 0 Å². The highest BCUT2D eigenvalue weighted by Gasteiger charge is 2.27. The van der Waals surface area contributed by atoms with Crippen LogP contribution in [0.1, 0.15) is 35.2 Å². The summed E-state index contributed by atoms with van der Waals surface area (Å²) in [5.74, 6) is -0.0473. The first kappa shape index (κ1) is 17.9. The molecule has 1 aromatic carbocycles. The van der Waals surface area contributed by atoms with Crippen molar-refractivity contribution in [1.29, 1.82) is 0 Å². The number of nitrogens with zero attached hydrogens (tertiary/aromatic N) is 1. The van der Waals surface area contributed by atoms with Crippen LogP contribution < -0.4 is 4.72 Å². The fourth-order valence-electron chi connectivity index (χ4n) is 2.80. The minimum Gasteiger partial charge on any atom is -0.380 e. The number of likely N-dealkylation sites (tertiary alicyclic amines) is 1. The molecule has 1 fully saturated rings. The second kappa shape index (κ2) is 7.90. The van der Waals surface area contributed by atoms with Crippen LogP contribution in [0.3, 0.4) is 0 Å². The first-order chi connectivity index (χ1) is 10.9. The Morgan fingerprint density at radius 2 is 2.00 bits per heavy atom. The van der Waals surface area contributed by atoms with Crippen LogP contribution in [-0.2, 0) is 21.4 Å². The molecular weight excluding hydrogens is 316 g/mol. The van der Waals surface area contributed by atoms with Gasteiger partial charge in [0.2, 0.25) is 10.0 Å². The summed E-state index contributed by atoms with van der Waals surface area (Å²) in [6, 6.07) is 7.26. The van der Waals surface area contributed by atoms with Gasteiger partial charge in [-0.3, -0.25) is 4.79 Å². The average molecular weight is 340 g/mol. The van der Waals surface area contributed by atoms with Gasteiger partial charge in [0.1, 0.15) is 0 Å². The van der Waals surface area contributed by atoms with Crippen LogP contribution in [0.25, 0.3) is 0 Å². The Bertz CT molecular complexity index is 628. The van der Waals surface area contributed by atoms with E-state index < -0.39 is 10.0 Å². The van der Waals surface area contributed by atoms with Crippen LogP contribution in [0.2, 0.25) is 0 Å². The van der Waals surface area contributed by atoms with Crippen molar-refractivity contribution < 1.29 is 17.9 Å². The molecular formula is C16H24N2O4S. The molecule has 1 amide bonds. The van der Waals surface area contributed by atoms with E-state index in [1.54, 1.807) is 24.1 Å². The summed E-state index contributed by atoms with van der Waals surface area (Å²) in [7, 11) is -1.62. The number of sulfonamides is 1. The first-order valence-corrected chi connectivity index (χ1v) is 9.63. The monoisotopic (exact) mass is 340 g/mol. The molecule has 0 aliphatic carbocycles. The third-order valence-electron chi connectivity index (χ3n) is 3.98. The molecule has 1 aromatic rings. The number of methoxy groups -OCH3 is 1. The van der Waals surface area contributed by atoms with Gasteiger partial charge in [-0.1, -0.05) is 12.1 Å². The van der Waals surface area contributed by atoms with Crippen molar-refractivity contribution >= 4 is 15.9 Å².